The molecule has 0 unspecified atom stereocenters. The number of phenols is 1. The highest BCUT2D eigenvalue weighted by Crippen LogP contribution is 2.35. The van der Waals surface area contributed by atoms with Crippen molar-refractivity contribution in [2.75, 3.05) is 0 Å². The molecule has 2 aromatic carbocycles. The van der Waals surface area contributed by atoms with Crippen LogP contribution in [0.1, 0.15) is 0 Å². The first-order valence-electron chi connectivity index (χ1n) is 4.73. The van der Waals surface area contributed by atoms with Gasteiger partial charge in [0.25, 0.3) is 0 Å². The Morgan fingerprint density at radius 2 is 1.76 bits per heavy atom. The van der Waals surface area contributed by atoms with Crippen molar-refractivity contribution in [3.63, 3.8) is 0 Å². The maximum Gasteiger partial charge on any atom is 0.123 e. The van der Waals surface area contributed by atoms with Crippen molar-refractivity contribution in [3.8, 4) is 16.9 Å². The molecular weight excluding hydrogens is 261 g/mol. The van der Waals surface area contributed by atoms with Crippen molar-refractivity contribution in [1.29, 1.82) is 0 Å². The van der Waals surface area contributed by atoms with E-state index in [1.165, 1.54) is 18.2 Å². The summed E-state index contributed by atoms with van der Waals surface area (Å²) in [7, 11) is 0. The van der Waals surface area contributed by atoms with Crippen LogP contribution in [0.15, 0.2) is 41.6 Å². The fourth-order valence-corrected chi connectivity index (χ4v) is 1.77. The molecule has 5 heteroatoms. The third-order valence-corrected chi connectivity index (χ3v) is 3.06. The van der Waals surface area contributed by atoms with Crippen LogP contribution >= 0.6 is 23.2 Å². The van der Waals surface area contributed by atoms with Crippen molar-refractivity contribution in [2.24, 2.45) is 5.18 Å². The van der Waals surface area contributed by atoms with E-state index in [0.29, 0.717) is 21.2 Å². The smallest absolute Gasteiger partial charge is 0.123 e. The normalized spacial score (nSPS) is 10.2. The molecule has 0 saturated carbocycles. The molecule has 0 aliphatic rings. The van der Waals surface area contributed by atoms with Crippen LogP contribution in [-0.4, -0.2) is 5.11 Å². The number of aromatic hydroxyl groups is 1. The first-order chi connectivity index (χ1) is 8.11. The molecule has 2 rings (SSSR count). The van der Waals surface area contributed by atoms with E-state index in [4.69, 9.17) is 23.2 Å². The third-order valence-electron chi connectivity index (χ3n) is 2.32. The van der Waals surface area contributed by atoms with Crippen molar-refractivity contribution < 1.29 is 5.11 Å². The van der Waals surface area contributed by atoms with Crippen LogP contribution in [0.4, 0.5) is 5.69 Å². The molecular formula is C12H7Cl2NO2. The molecule has 0 bridgehead atoms. The number of nitroso groups, excluding NO2 is 1. The summed E-state index contributed by atoms with van der Waals surface area (Å²) in [6.07, 6.45) is 0. The molecule has 0 saturated heterocycles. The highest BCUT2D eigenvalue weighted by molar-refractivity contribution is 6.42. The average Bonchev–Trinajstić information content (AvgIpc) is 2.33. The monoisotopic (exact) mass is 267 g/mol. The molecule has 0 aliphatic carbocycles. The lowest BCUT2D eigenvalue weighted by Gasteiger charge is -2.06. The zero-order valence-corrected chi connectivity index (χ0v) is 10.0. The largest absolute Gasteiger partial charge is 0.507 e. The van der Waals surface area contributed by atoms with Crippen LogP contribution in [0.25, 0.3) is 11.1 Å². The Labute approximate surface area is 108 Å². The molecule has 0 heterocycles. The van der Waals surface area contributed by atoms with Crippen LogP contribution in [0.5, 0.6) is 5.75 Å². The number of hydrogen-bond acceptors (Lipinski definition) is 3. The predicted molar refractivity (Wildman–Crippen MR) is 69.0 cm³/mol. The van der Waals surface area contributed by atoms with Gasteiger partial charge in [0.15, 0.2) is 0 Å². The van der Waals surface area contributed by atoms with Gasteiger partial charge in [-0.2, -0.15) is 0 Å². The summed E-state index contributed by atoms with van der Waals surface area (Å²) in [6, 6.07) is 9.28. The second-order valence-electron chi connectivity index (χ2n) is 3.42. The highest BCUT2D eigenvalue weighted by atomic mass is 35.5. The Morgan fingerprint density at radius 3 is 2.41 bits per heavy atom. The van der Waals surface area contributed by atoms with Crippen LogP contribution in [-0.2, 0) is 0 Å². The van der Waals surface area contributed by atoms with Gasteiger partial charge in [0.2, 0.25) is 0 Å². The molecule has 0 aromatic heterocycles. The number of nitrogens with zero attached hydrogens (tertiary/aromatic N) is 1. The second kappa shape index (κ2) is 4.73. The summed E-state index contributed by atoms with van der Waals surface area (Å²) >= 11 is 11.7. The van der Waals surface area contributed by atoms with Crippen molar-refractivity contribution in [2.45, 2.75) is 0 Å². The lowest BCUT2D eigenvalue weighted by Crippen LogP contribution is -1.80. The van der Waals surface area contributed by atoms with Gasteiger partial charge in [-0.3, -0.25) is 0 Å². The standard InChI is InChI=1S/C12H7Cl2NO2/c13-10-3-1-7(5-11(10)14)9-6-8(15-17)2-4-12(9)16/h1-6,16H. The molecule has 0 radical (unpaired) electrons. The Bertz CT molecular complexity index is 585. The van der Waals surface area contributed by atoms with Crippen LogP contribution in [0, 0.1) is 4.91 Å². The number of hydrogen-bond donors (Lipinski definition) is 1. The molecule has 0 amide bonds. The first kappa shape index (κ1) is 11.9. The fraction of sp³-hybridized carbons (Fsp3) is 0. The van der Waals surface area contributed by atoms with E-state index in [2.05, 4.69) is 5.18 Å². The molecule has 0 fully saturated rings. The van der Waals surface area contributed by atoms with Crippen LogP contribution in [0.3, 0.4) is 0 Å². The van der Waals surface area contributed by atoms with Gasteiger partial charge in [0.1, 0.15) is 11.4 Å². The van der Waals surface area contributed by atoms with Gasteiger partial charge < -0.3 is 5.11 Å². The minimum absolute atomic E-state index is 0.0517. The van der Waals surface area contributed by atoms with Gasteiger partial charge in [-0.1, -0.05) is 29.3 Å². The summed E-state index contributed by atoms with van der Waals surface area (Å²) in [5.41, 5.74) is 1.40. The Morgan fingerprint density at radius 1 is 1.00 bits per heavy atom. The third kappa shape index (κ3) is 2.40. The topological polar surface area (TPSA) is 49.7 Å². The maximum atomic E-state index is 10.4. The van der Waals surface area contributed by atoms with Crippen molar-refractivity contribution in [1.82, 2.24) is 0 Å². The van der Waals surface area contributed by atoms with Crippen molar-refractivity contribution in [3.05, 3.63) is 51.4 Å². The molecule has 0 atom stereocenters. The lowest BCUT2D eigenvalue weighted by atomic mass is 10.0. The summed E-state index contributed by atoms with van der Waals surface area (Å²) in [5, 5.41) is 13.4. The molecule has 0 spiro atoms. The zero-order chi connectivity index (χ0) is 12.4. The molecule has 0 aliphatic heterocycles. The number of rotatable bonds is 2. The van der Waals surface area contributed by atoms with Crippen LogP contribution < -0.4 is 0 Å². The van der Waals surface area contributed by atoms with Gasteiger partial charge >= 0.3 is 0 Å². The van der Waals surface area contributed by atoms with E-state index in [1.54, 1.807) is 18.2 Å². The zero-order valence-electron chi connectivity index (χ0n) is 8.52. The number of halogens is 2. The minimum Gasteiger partial charge on any atom is -0.507 e. The molecule has 1 N–H and O–H groups in total. The Balaban J connectivity index is 2.58. The van der Waals surface area contributed by atoms with Gasteiger partial charge in [-0.25, -0.2) is 0 Å². The van der Waals surface area contributed by atoms with E-state index in [9.17, 15) is 10.0 Å². The predicted octanol–water partition coefficient (Wildman–Crippen LogP) is 4.76. The van der Waals surface area contributed by atoms with E-state index >= 15 is 0 Å². The van der Waals surface area contributed by atoms with Gasteiger partial charge in [-0.15, -0.1) is 4.91 Å². The minimum atomic E-state index is 0.0517. The van der Waals surface area contributed by atoms with Gasteiger partial charge in [-0.05, 0) is 41.1 Å². The van der Waals surface area contributed by atoms with E-state index in [-0.39, 0.29) is 11.4 Å². The quantitative estimate of drug-likeness (QED) is 0.798. The van der Waals surface area contributed by atoms with E-state index < -0.39 is 0 Å². The molecule has 17 heavy (non-hydrogen) atoms. The van der Waals surface area contributed by atoms with Gasteiger partial charge in [0.05, 0.1) is 10.0 Å². The molecule has 86 valence electrons. The average molecular weight is 268 g/mol. The van der Waals surface area contributed by atoms with Gasteiger partial charge in [0, 0.05) is 5.56 Å². The van der Waals surface area contributed by atoms with E-state index in [1.807, 2.05) is 0 Å². The lowest BCUT2D eigenvalue weighted by molar-refractivity contribution is 0.477. The molecule has 3 nitrogen and oxygen atoms in total. The van der Waals surface area contributed by atoms with Crippen LogP contribution in [0.2, 0.25) is 10.0 Å². The highest BCUT2D eigenvalue weighted by Gasteiger charge is 2.08. The summed E-state index contributed by atoms with van der Waals surface area (Å²) in [6.45, 7) is 0. The first-order valence-corrected chi connectivity index (χ1v) is 5.49. The maximum absolute atomic E-state index is 10.4. The Kier molecular flexibility index (Phi) is 3.31. The number of benzene rings is 2. The van der Waals surface area contributed by atoms with E-state index in [0.717, 1.165) is 0 Å². The molecule has 2 aromatic rings. The summed E-state index contributed by atoms with van der Waals surface area (Å²) in [4.78, 5) is 10.4. The summed E-state index contributed by atoms with van der Waals surface area (Å²) < 4.78 is 0. The fourth-order valence-electron chi connectivity index (χ4n) is 1.48. The Hall–Kier alpha value is -1.58. The number of phenolic OH excluding ortho intramolecular Hbond substituents is 1. The van der Waals surface area contributed by atoms with Crippen molar-refractivity contribution >= 4 is 28.9 Å². The summed E-state index contributed by atoms with van der Waals surface area (Å²) in [5.74, 6) is 0.0517. The second-order valence-corrected chi connectivity index (χ2v) is 4.24. The SMILES string of the molecule is O=Nc1ccc(O)c(-c2ccc(Cl)c(Cl)c2)c1.